The van der Waals surface area contributed by atoms with Gasteiger partial charge in [-0.3, -0.25) is 0 Å². The van der Waals surface area contributed by atoms with Gasteiger partial charge < -0.3 is 15.2 Å². The van der Waals surface area contributed by atoms with Crippen LogP contribution in [0.3, 0.4) is 0 Å². The zero-order valence-corrected chi connectivity index (χ0v) is 8.04. The van der Waals surface area contributed by atoms with Gasteiger partial charge >= 0.3 is 12.3 Å². The standard InChI is InChI=1S/C8H7F3N2O3/c1-15-7(14)4-2-3-5(13-6(4)12)16-8(9,10)11/h2-3H,1H3,(H2,12,13). The molecule has 2 N–H and O–H groups in total. The highest BCUT2D eigenvalue weighted by atomic mass is 19.4. The minimum absolute atomic E-state index is 0.128. The summed E-state index contributed by atoms with van der Waals surface area (Å²) < 4.78 is 43.3. The molecule has 0 amide bonds. The summed E-state index contributed by atoms with van der Waals surface area (Å²) in [4.78, 5) is 14.3. The van der Waals surface area contributed by atoms with Crippen LogP contribution in [0.25, 0.3) is 0 Å². The first-order chi connectivity index (χ1) is 7.33. The Hall–Kier alpha value is -1.99. The summed E-state index contributed by atoms with van der Waals surface area (Å²) in [6, 6.07) is 1.91. The molecule has 1 aromatic rings. The molecule has 16 heavy (non-hydrogen) atoms. The second kappa shape index (κ2) is 4.25. The molecular weight excluding hydrogens is 229 g/mol. The molecule has 0 bridgehead atoms. The lowest BCUT2D eigenvalue weighted by Crippen LogP contribution is -2.18. The Morgan fingerprint density at radius 1 is 1.44 bits per heavy atom. The fourth-order valence-electron chi connectivity index (χ4n) is 0.914. The van der Waals surface area contributed by atoms with E-state index in [1.54, 1.807) is 0 Å². The molecule has 0 unspecified atom stereocenters. The molecule has 5 nitrogen and oxygen atoms in total. The van der Waals surface area contributed by atoms with Crippen molar-refractivity contribution in [2.45, 2.75) is 6.36 Å². The number of nitrogens with zero attached hydrogens (tertiary/aromatic N) is 1. The quantitative estimate of drug-likeness (QED) is 0.784. The van der Waals surface area contributed by atoms with Gasteiger partial charge in [-0.15, -0.1) is 13.2 Å². The van der Waals surface area contributed by atoms with E-state index < -0.39 is 24.0 Å². The first-order valence-electron chi connectivity index (χ1n) is 3.94. The van der Waals surface area contributed by atoms with Crippen LogP contribution in [0.1, 0.15) is 10.4 Å². The van der Waals surface area contributed by atoms with E-state index >= 15 is 0 Å². The fourth-order valence-corrected chi connectivity index (χ4v) is 0.914. The number of rotatable bonds is 2. The lowest BCUT2D eigenvalue weighted by atomic mass is 10.2. The summed E-state index contributed by atoms with van der Waals surface area (Å²) >= 11 is 0. The number of aromatic nitrogens is 1. The van der Waals surface area contributed by atoms with Crippen molar-refractivity contribution < 1.29 is 27.4 Å². The van der Waals surface area contributed by atoms with Crippen molar-refractivity contribution in [1.82, 2.24) is 4.98 Å². The predicted octanol–water partition coefficient (Wildman–Crippen LogP) is 1.35. The molecule has 0 aliphatic carbocycles. The summed E-state index contributed by atoms with van der Waals surface area (Å²) in [5, 5.41) is 0. The van der Waals surface area contributed by atoms with Gasteiger partial charge in [-0.2, -0.15) is 4.98 Å². The lowest BCUT2D eigenvalue weighted by molar-refractivity contribution is -0.276. The second-order valence-corrected chi connectivity index (χ2v) is 2.62. The molecule has 0 aliphatic heterocycles. The van der Waals surface area contributed by atoms with Crippen LogP contribution in [0.2, 0.25) is 0 Å². The van der Waals surface area contributed by atoms with E-state index in [9.17, 15) is 18.0 Å². The number of methoxy groups -OCH3 is 1. The van der Waals surface area contributed by atoms with Gasteiger partial charge in [0.05, 0.1) is 7.11 Å². The molecule has 0 saturated carbocycles. The summed E-state index contributed by atoms with van der Waals surface area (Å²) in [5.74, 6) is -1.92. The Morgan fingerprint density at radius 3 is 2.50 bits per heavy atom. The van der Waals surface area contributed by atoms with Gasteiger partial charge in [0, 0.05) is 6.07 Å². The SMILES string of the molecule is COC(=O)c1ccc(OC(F)(F)F)nc1N. The maximum absolute atomic E-state index is 11.8. The van der Waals surface area contributed by atoms with Crippen molar-refractivity contribution in [3.63, 3.8) is 0 Å². The normalized spacial score (nSPS) is 11.0. The lowest BCUT2D eigenvalue weighted by Gasteiger charge is -2.09. The fraction of sp³-hybridized carbons (Fsp3) is 0.250. The molecule has 0 radical (unpaired) electrons. The van der Waals surface area contributed by atoms with E-state index in [0.29, 0.717) is 0 Å². The molecule has 0 saturated heterocycles. The average Bonchev–Trinajstić information content (AvgIpc) is 2.14. The molecule has 0 atom stereocenters. The van der Waals surface area contributed by atoms with Crippen molar-refractivity contribution in [2.24, 2.45) is 0 Å². The van der Waals surface area contributed by atoms with Crippen molar-refractivity contribution in [3.05, 3.63) is 17.7 Å². The van der Waals surface area contributed by atoms with E-state index in [1.165, 1.54) is 0 Å². The van der Waals surface area contributed by atoms with Gasteiger partial charge in [0.1, 0.15) is 11.4 Å². The highest BCUT2D eigenvalue weighted by molar-refractivity contribution is 5.94. The number of hydrogen-bond donors (Lipinski definition) is 1. The molecular formula is C8H7F3N2O3. The van der Waals surface area contributed by atoms with Crippen LogP contribution in [0.15, 0.2) is 12.1 Å². The van der Waals surface area contributed by atoms with Crippen LogP contribution in [0, 0.1) is 0 Å². The number of ether oxygens (including phenoxy) is 2. The topological polar surface area (TPSA) is 74.4 Å². The van der Waals surface area contributed by atoms with Crippen LogP contribution in [-0.2, 0) is 4.74 Å². The molecule has 1 heterocycles. The second-order valence-electron chi connectivity index (χ2n) is 2.62. The van der Waals surface area contributed by atoms with Crippen LogP contribution < -0.4 is 10.5 Å². The molecule has 0 spiro atoms. The van der Waals surface area contributed by atoms with Crippen LogP contribution in [0.4, 0.5) is 19.0 Å². The zero-order valence-electron chi connectivity index (χ0n) is 8.04. The molecule has 8 heteroatoms. The maximum atomic E-state index is 11.8. The molecule has 0 aromatic carbocycles. The largest absolute Gasteiger partial charge is 0.574 e. The molecule has 0 aliphatic rings. The minimum atomic E-state index is -4.85. The average molecular weight is 236 g/mol. The van der Waals surface area contributed by atoms with Crippen LogP contribution >= 0.6 is 0 Å². The van der Waals surface area contributed by atoms with E-state index in [-0.39, 0.29) is 5.56 Å². The predicted molar refractivity (Wildman–Crippen MR) is 46.7 cm³/mol. The third-order valence-corrected chi connectivity index (χ3v) is 1.52. The third kappa shape index (κ3) is 3.01. The van der Waals surface area contributed by atoms with Gasteiger partial charge in [0.25, 0.3) is 0 Å². The number of pyridine rings is 1. The van der Waals surface area contributed by atoms with E-state index in [2.05, 4.69) is 14.5 Å². The van der Waals surface area contributed by atoms with Crippen molar-refractivity contribution >= 4 is 11.8 Å². The Balaban J connectivity index is 2.96. The third-order valence-electron chi connectivity index (χ3n) is 1.52. The van der Waals surface area contributed by atoms with E-state index in [4.69, 9.17) is 5.73 Å². The zero-order chi connectivity index (χ0) is 12.3. The Bertz CT molecular complexity index is 406. The molecule has 88 valence electrons. The van der Waals surface area contributed by atoms with Crippen LogP contribution in [-0.4, -0.2) is 24.4 Å². The summed E-state index contributed by atoms with van der Waals surface area (Å²) in [6.07, 6.45) is -4.85. The van der Waals surface area contributed by atoms with Gasteiger partial charge in [-0.05, 0) is 6.07 Å². The maximum Gasteiger partial charge on any atom is 0.574 e. The molecule has 1 aromatic heterocycles. The summed E-state index contributed by atoms with van der Waals surface area (Å²) in [5.41, 5.74) is 5.13. The summed E-state index contributed by atoms with van der Waals surface area (Å²) in [6.45, 7) is 0. The van der Waals surface area contributed by atoms with Gasteiger partial charge in [-0.1, -0.05) is 0 Å². The number of hydrogen-bond acceptors (Lipinski definition) is 5. The minimum Gasteiger partial charge on any atom is -0.465 e. The van der Waals surface area contributed by atoms with Gasteiger partial charge in [0.15, 0.2) is 0 Å². The number of esters is 1. The number of nitrogen functional groups attached to an aromatic ring is 1. The molecule has 1 rings (SSSR count). The first-order valence-corrected chi connectivity index (χ1v) is 3.94. The highest BCUT2D eigenvalue weighted by Gasteiger charge is 2.32. The van der Waals surface area contributed by atoms with Gasteiger partial charge in [-0.25, -0.2) is 4.79 Å². The molecule has 0 fully saturated rings. The van der Waals surface area contributed by atoms with E-state index in [1.807, 2.05) is 0 Å². The monoisotopic (exact) mass is 236 g/mol. The highest BCUT2D eigenvalue weighted by Crippen LogP contribution is 2.23. The number of alkyl halides is 3. The van der Waals surface area contributed by atoms with Crippen molar-refractivity contribution in [3.8, 4) is 5.88 Å². The summed E-state index contributed by atoms with van der Waals surface area (Å²) in [7, 11) is 1.11. The van der Waals surface area contributed by atoms with Crippen molar-refractivity contribution in [1.29, 1.82) is 0 Å². The Morgan fingerprint density at radius 2 is 2.06 bits per heavy atom. The van der Waals surface area contributed by atoms with Gasteiger partial charge in [0.2, 0.25) is 5.88 Å². The number of halogens is 3. The number of anilines is 1. The Kier molecular flexibility index (Phi) is 3.21. The van der Waals surface area contributed by atoms with E-state index in [0.717, 1.165) is 19.2 Å². The number of carbonyl (C=O) groups excluding carboxylic acids is 1. The smallest absolute Gasteiger partial charge is 0.465 e. The van der Waals surface area contributed by atoms with Crippen LogP contribution in [0.5, 0.6) is 5.88 Å². The van der Waals surface area contributed by atoms with Crippen molar-refractivity contribution in [2.75, 3.05) is 12.8 Å². The first kappa shape index (κ1) is 12.1. The Labute approximate surface area is 88.0 Å². The number of nitrogens with two attached hydrogens (primary N) is 1. The number of carbonyl (C=O) groups is 1.